The summed E-state index contributed by atoms with van der Waals surface area (Å²) in [6.45, 7) is 2.70. The first kappa shape index (κ1) is 16.2. The van der Waals surface area contributed by atoms with Gasteiger partial charge in [-0.25, -0.2) is 0 Å². The van der Waals surface area contributed by atoms with E-state index >= 15 is 0 Å². The van der Waals surface area contributed by atoms with Crippen molar-refractivity contribution in [1.29, 1.82) is 0 Å². The predicted octanol–water partition coefficient (Wildman–Crippen LogP) is 2.57. The molecule has 1 aromatic rings. The van der Waals surface area contributed by atoms with Crippen molar-refractivity contribution in [3.05, 3.63) is 53.9 Å². The van der Waals surface area contributed by atoms with Crippen molar-refractivity contribution in [3.63, 3.8) is 0 Å². The van der Waals surface area contributed by atoms with Crippen LogP contribution in [0.2, 0.25) is 0 Å². The molecule has 3 rings (SSSR count). The molecule has 1 aromatic carbocycles. The number of hydrogen-bond donors (Lipinski definition) is 0. The fourth-order valence-corrected chi connectivity index (χ4v) is 3.03. The van der Waals surface area contributed by atoms with Crippen LogP contribution in [0.4, 0.5) is 0 Å². The van der Waals surface area contributed by atoms with E-state index in [9.17, 15) is 9.59 Å². The van der Waals surface area contributed by atoms with Gasteiger partial charge >= 0.3 is 0 Å². The minimum absolute atomic E-state index is 0.0314. The van der Waals surface area contributed by atoms with Gasteiger partial charge in [-0.1, -0.05) is 25.1 Å². The Labute approximate surface area is 142 Å². The number of allylic oxidation sites excluding steroid dienone is 2. The molecule has 124 valence electrons. The van der Waals surface area contributed by atoms with E-state index in [1.54, 1.807) is 30.1 Å². The normalized spacial score (nSPS) is 19.0. The molecule has 2 aliphatic heterocycles. The number of fused-ring (bicyclic) bond motifs is 1. The molecule has 1 unspecified atom stereocenters. The molecular weight excluding hydrogens is 302 g/mol. The van der Waals surface area contributed by atoms with Crippen molar-refractivity contribution in [3.8, 4) is 0 Å². The highest BCUT2D eigenvalue weighted by molar-refractivity contribution is 6.44. The number of rotatable bonds is 4. The van der Waals surface area contributed by atoms with Crippen molar-refractivity contribution in [2.45, 2.75) is 13.3 Å². The number of aliphatic imine (C=N–C) groups is 1. The van der Waals surface area contributed by atoms with Gasteiger partial charge in [-0.15, -0.1) is 0 Å². The van der Waals surface area contributed by atoms with Gasteiger partial charge in [0.1, 0.15) is 5.71 Å². The average molecular weight is 323 g/mol. The number of benzene rings is 1. The molecule has 0 N–H and O–H groups in total. The highest BCUT2D eigenvalue weighted by atomic mass is 16.2. The van der Waals surface area contributed by atoms with Crippen LogP contribution in [0.5, 0.6) is 0 Å². The van der Waals surface area contributed by atoms with Crippen LogP contribution in [-0.4, -0.2) is 48.0 Å². The van der Waals surface area contributed by atoms with Crippen LogP contribution in [0.1, 0.15) is 29.3 Å². The van der Waals surface area contributed by atoms with Gasteiger partial charge in [0, 0.05) is 38.6 Å². The summed E-state index contributed by atoms with van der Waals surface area (Å²) >= 11 is 0. The molecular formula is C19H21N3O2. The molecule has 0 aliphatic carbocycles. The van der Waals surface area contributed by atoms with Crippen molar-refractivity contribution < 1.29 is 9.59 Å². The number of hydrogen-bond acceptors (Lipinski definition) is 3. The summed E-state index contributed by atoms with van der Waals surface area (Å²) in [5, 5.41) is 0. The smallest absolute Gasteiger partial charge is 0.273 e. The molecule has 1 atom stereocenters. The van der Waals surface area contributed by atoms with E-state index in [-0.39, 0.29) is 17.7 Å². The zero-order chi connectivity index (χ0) is 17.3. The molecule has 5 heteroatoms. The Morgan fingerprint density at radius 2 is 2.12 bits per heavy atom. The monoisotopic (exact) mass is 323 g/mol. The fraction of sp³-hybridized carbons (Fsp3) is 0.316. The zero-order valence-corrected chi connectivity index (χ0v) is 14.2. The topological polar surface area (TPSA) is 53.0 Å². The SMILES string of the molecule is CCCN1C=C(c2cccc(C(=O)N(C)C)c2)C2C=CN=C2C1=O. The number of nitrogens with zero attached hydrogens (tertiary/aromatic N) is 3. The molecule has 0 fully saturated rings. The lowest BCUT2D eigenvalue weighted by atomic mass is 9.86. The first-order valence-electron chi connectivity index (χ1n) is 8.12. The maximum Gasteiger partial charge on any atom is 0.273 e. The Morgan fingerprint density at radius 1 is 1.33 bits per heavy atom. The van der Waals surface area contributed by atoms with Crippen LogP contribution in [0, 0.1) is 5.92 Å². The maximum absolute atomic E-state index is 12.5. The second kappa shape index (κ2) is 6.43. The molecule has 0 bridgehead atoms. The standard InChI is InChI=1S/C19H21N3O2/c1-4-10-22-12-16(15-8-9-20-17(15)19(22)24)13-6-5-7-14(11-13)18(23)21(2)3/h5-9,11-12,15H,4,10H2,1-3H3. The van der Waals surface area contributed by atoms with E-state index < -0.39 is 0 Å². The third-order valence-electron chi connectivity index (χ3n) is 4.21. The van der Waals surface area contributed by atoms with Crippen LogP contribution >= 0.6 is 0 Å². The van der Waals surface area contributed by atoms with E-state index in [1.807, 2.05) is 43.5 Å². The number of amides is 2. The van der Waals surface area contributed by atoms with Crippen molar-refractivity contribution in [1.82, 2.24) is 9.80 Å². The van der Waals surface area contributed by atoms with E-state index in [4.69, 9.17) is 0 Å². The molecule has 0 saturated carbocycles. The second-order valence-electron chi connectivity index (χ2n) is 6.20. The van der Waals surface area contributed by atoms with Crippen molar-refractivity contribution in [2.75, 3.05) is 20.6 Å². The molecule has 5 nitrogen and oxygen atoms in total. The predicted molar refractivity (Wildman–Crippen MR) is 94.5 cm³/mol. The molecule has 0 spiro atoms. The van der Waals surface area contributed by atoms with Crippen LogP contribution in [0.25, 0.3) is 5.57 Å². The van der Waals surface area contributed by atoms with Gasteiger partial charge in [-0.05, 0) is 29.7 Å². The molecule has 0 aromatic heterocycles. The van der Waals surface area contributed by atoms with Crippen LogP contribution in [0.3, 0.4) is 0 Å². The van der Waals surface area contributed by atoms with Crippen LogP contribution in [0.15, 0.2) is 47.7 Å². The highest BCUT2D eigenvalue weighted by Crippen LogP contribution is 2.34. The maximum atomic E-state index is 12.5. The Kier molecular flexibility index (Phi) is 4.34. The second-order valence-corrected chi connectivity index (χ2v) is 6.20. The largest absolute Gasteiger partial charge is 0.345 e. The van der Waals surface area contributed by atoms with E-state index in [0.717, 1.165) is 17.6 Å². The molecule has 2 heterocycles. The molecule has 24 heavy (non-hydrogen) atoms. The Balaban J connectivity index is 2.03. The Bertz CT molecular complexity index is 775. The first-order chi connectivity index (χ1) is 11.5. The van der Waals surface area contributed by atoms with Crippen molar-refractivity contribution in [2.24, 2.45) is 10.9 Å². The number of carbonyl (C=O) groups is 2. The third kappa shape index (κ3) is 2.77. The Morgan fingerprint density at radius 3 is 2.83 bits per heavy atom. The lowest BCUT2D eigenvalue weighted by molar-refractivity contribution is -0.122. The lowest BCUT2D eigenvalue weighted by Gasteiger charge is -2.29. The zero-order valence-electron chi connectivity index (χ0n) is 14.2. The van der Waals surface area contributed by atoms with E-state index in [0.29, 0.717) is 17.8 Å². The molecule has 0 radical (unpaired) electrons. The first-order valence-corrected chi connectivity index (χ1v) is 8.12. The van der Waals surface area contributed by atoms with Gasteiger partial charge in [0.05, 0.1) is 5.92 Å². The molecule has 0 saturated heterocycles. The summed E-state index contributed by atoms with van der Waals surface area (Å²) in [5.41, 5.74) is 3.15. The molecule has 2 amide bonds. The summed E-state index contributed by atoms with van der Waals surface area (Å²) < 4.78 is 0. The van der Waals surface area contributed by atoms with Gasteiger partial charge in [-0.2, -0.15) is 0 Å². The Hall–Kier alpha value is -2.69. The molecule has 2 aliphatic rings. The van der Waals surface area contributed by atoms with E-state index in [2.05, 4.69) is 4.99 Å². The minimum Gasteiger partial charge on any atom is -0.345 e. The summed E-state index contributed by atoms with van der Waals surface area (Å²) in [5.74, 6) is -0.197. The van der Waals surface area contributed by atoms with Gasteiger partial charge in [0.15, 0.2) is 0 Å². The fourth-order valence-electron chi connectivity index (χ4n) is 3.03. The highest BCUT2D eigenvalue weighted by Gasteiger charge is 2.35. The van der Waals surface area contributed by atoms with Crippen LogP contribution in [-0.2, 0) is 4.79 Å². The lowest BCUT2D eigenvalue weighted by Crippen LogP contribution is -2.40. The number of carbonyl (C=O) groups excluding carboxylic acids is 2. The van der Waals surface area contributed by atoms with Crippen LogP contribution < -0.4 is 0 Å². The van der Waals surface area contributed by atoms with Gasteiger partial charge in [0.25, 0.3) is 11.8 Å². The third-order valence-corrected chi connectivity index (χ3v) is 4.21. The van der Waals surface area contributed by atoms with Gasteiger partial charge < -0.3 is 9.80 Å². The van der Waals surface area contributed by atoms with Gasteiger partial charge in [0.2, 0.25) is 0 Å². The van der Waals surface area contributed by atoms with E-state index in [1.165, 1.54) is 0 Å². The summed E-state index contributed by atoms with van der Waals surface area (Å²) in [7, 11) is 3.47. The van der Waals surface area contributed by atoms with Crippen molar-refractivity contribution >= 4 is 23.1 Å². The minimum atomic E-state index is -0.129. The van der Waals surface area contributed by atoms with Gasteiger partial charge in [-0.3, -0.25) is 14.6 Å². The quantitative estimate of drug-likeness (QED) is 0.855. The summed E-state index contributed by atoms with van der Waals surface area (Å²) in [4.78, 5) is 32.3. The average Bonchev–Trinajstić information content (AvgIpc) is 3.07. The summed E-state index contributed by atoms with van der Waals surface area (Å²) in [6, 6.07) is 7.55. The summed E-state index contributed by atoms with van der Waals surface area (Å²) in [6.07, 6.45) is 6.41.